The molecular weight excluding hydrogens is 260 g/mol. The Morgan fingerprint density at radius 2 is 2.33 bits per heavy atom. The summed E-state index contributed by atoms with van der Waals surface area (Å²) in [5.74, 6) is 0.390. The molecule has 1 unspecified atom stereocenters. The smallest absolute Gasteiger partial charge is 0.288 e. The fraction of sp³-hybridized carbons (Fsp3) is 0.455. The number of nitrogens with one attached hydrogen (secondary N) is 1. The lowest BCUT2D eigenvalue weighted by atomic mass is 10.3. The first-order valence-corrected chi connectivity index (χ1v) is 5.88. The Morgan fingerprint density at radius 3 is 2.89 bits per heavy atom. The highest BCUT2D eigenvalue weighted by molar-refractivity contribution is 6.32. The molecule has 0 aromatic heterocycles. The molecule has 0 saturated heterocycles. The predicted octanol–water partition coefficient (Wildman–Crippen LogP) is 1.60. The summed E-state index contributed by atoms with van der Waals surface area (Å²) in [5.41, 5.74) is -0.169. The minimum absolute atomic E-state index is 0.0127. The number of aliphatic hydroxyl groups excluding tert-OH is 1. The second kappa shape index (κ2) is 7.15. The normalized spacial score (nSPS) is 12.2. The Bertz CT molecular complexity index is 414. The summed E-state index contributed by atoms with van der Waals surface area (Å²) in [5, 5.41) is 23.1. The maximum atomic E-state index is 10.5. The number of likely N-dealkylation sites (N-methyl/N-ethyl adjacent to an activating group) is 1. The maximum absolute atomic E-state index is 10.5. The Balaban J connectivity index is 2.53. The van der Waals surface area contributed by atoms with E-state index in [4.69, 9.17) is 16.3 Å². The summed E-state index contributed by atoms with van der Waals surface area (Å²) in [4.78, 5) is 9.99. The van der Waals surface area contributed by atoms with Crippen molar-refractivity contribution in [2.75, 3.05) is 19.7 Å². The topological polar surface area (TPSA) is 84.6 Å². The van der Waals surface area contributed by atoms with E-state index in [1.165, 1.54) is 18.2 Å². The quantitative estimate of drug-likeness (QED) is 0.583. The van der Waals surface area contributed by atoms with E-state index in [1.807, 2.05) is 6.92 Å². The van der Waals surface area contributed by atoms with Crippen molar-refractivity contribution >= 4 is 17.3 Å². The number of hydrogen-bond acceptors (Lipinski definition) is 5. The van der Waals surface area contributed by atoms with Crippen molar-refractivity contribution in [2.45, 2.75) is 13.0 Å². The monoisotopic (exact) mass is 274 g/mol. The fourth-order valence-electron chi connectivity index (χ4n) is 1.29. The Morgan fingerprint density at radius 1 is 1.61 bits per heavy atom. The zero-order valence-corrected chi connectivity index (χ0v) is 10.7. The Kier molecular flexibility index (Phi) is 5.84. The highest BCUT2D eigenvalue weighted by atomic mass is 35.5. The third-order valence-corrected chi connectivity index (χ3v) is 2.49. The molecule has 0 fully saturated rings. The van der Waals surface area contributed by atoms with Gasteiger partial charge in [0.2, 0.25) is 0 Å². The van der Waals surface area contributed by atoms with Gasteiger partial charge in [-0.25, -0.2) is 0 Å². The minimum atomic E-state index is -0.640. The number of benzene rings is 1. The first-order chi connectivity index (χ1) is 8.54. The van der Waals surface area contributed by atoms with E-state index in [0.29, 0.717) is 12.3 Å². The lowest BCUT2D eigenvalue weighted by Gasteiger charge is -2.12. The molecule has 18 heavy (non-hydrogen) atoms. The molecule has 6 nitrogen and oxygen atoms in total. The average Bonchev–Trinajstić information content (AvgIpc) is 2.33. The molecule has 0 aliphatic carbocycles. The van der Waals surface area contributed by atoms with Crippen molar-refractivity contribution in [1.82, 2.24) is 5.32 Å². The van der Waals surface area contributed by atoms with Gasteiger partial charge in [0.15, 0.2) is 0 Å². The van der Waals surface area contributed by atoms with Gasteiger partial charge in [-0.15, -0.1) is 0 Å². The first kappa shape index (κ1) is 14.7. The summed E-state index contributed by atoms with van der Waals surface area (Å²) in [6.07, 6.45) is -0.640. The average molecular weight is 275 g/mol. The van der Waals surface area contributed by atoms with Gasteiger partial charge in [0.05, 0.1) is 4.92 Å². The van der Waals surface area contributed by atoms with Gasteiger partial charge in [0.1, 0.15) is 23.5 Å². The molecule has 1 aromatic carbocycles. The largest absolute Gasteiger partial charge is 0.491 e. The second-order valence-electron chi connectivity index (χ2n) is 3.64. The number of ether oxygens (including phenoxy) is 1. The minimum Gasteiger partial charge on any atom is -0.491 e. The van der Waals surface area contributed by atoms with E-state index in [2.05, 4.69) is 5.32 Å². The van der Waals surface area contributed by atoms with E-state index >= 15 is 0 Å². The van der Waals surface area contributed by atoms with Crippen LogP contribution in [0.1, 0.15) is 6.92 Å². The van der Waals surface area contributed by atoms with Gasteiger partial charge >= 0.3 is 0 Å². The summed E-state index contributed by atoms with van der Waals surface area (Å²) < 4.78 is 5.28. The third kappa shape index (κ3) is 4.48. The lowest BCUT2D eigenvalue weighted by molar-refractivity contribution is -0.384. The Hall–Kier alpha value is -1.37. The van der Waals surface area contributed by atoms with Crippen molar-refractivity contribution in [3.8, 4) is 5.75 Å². The van der Waals surface area contributed by atoms with Crippen LogP contribution in [0.5, 0.6) is 5.75 Å². The molecule has 2 N–H and O–H groups in total. The van der Waals surface area contributed by atoms with Gasteiger partial charge in [-0.05, 0) is 12.6 Å². The van der Waals surface area contributed by atoms with Crippen molar-refractivity contribution in [2.24, 2.45) is 0 Å². The molecule has 0 bridgehead atoms. The van der Waals surface area contributed by atoms with Crippen LogP contribution in [0.3, 0.4) is 0 Å². The number of halogens is 1. The molecule has 0 aliphatic heterocycles. The van der Waals surface area contributed by atoms with Crippen molar-refractivity contribution in [1.29, 1.82) is 0 Å². The van der Waals surface area contributed by atoms with Crippen LogP contribution < -0.4 is 10.1 Å². The van der Waals surface area contributed by atoms with Crippen molar-refractivity contribution in [3.05, 3.63) is 33.3 Å². The van der Waals surface area contributed by atoms with Crippen LogP contribution in [0.2, 0.25) is 5.02 Å². The van der Waals surface area contributed by atoms with Gasteiger partial charge in [0, 0.05) is 18.7 Å². The van der Waals surface area contributed by atoms with Gasteiger partial charge in [-0.3, -0.25) is 10.1 Å². The van der Waals surface area contributed by atoms with Gasteiger partial charge in [-0.2, -0.15) is 0 Å². The van der Waals surface area contributed by atoms with Crippen LogP contribution in [0.15, 0.2) is 18.2 Å². The summed E-state index contributed by atoms with van der Waals surface area (Å²) in [6, 6.07) is 4.08. The zero-order chi connectivity index (χ0) is 13.5. The standard InChI is InChI=1S/C11H15ClN2O4/c1-2-13-6-8(15)7-18-9-3-4-11(14(16)17)10(12)5-9/h3-5,8,13,15H,2,6-7H2,1H3. The molecule has 0 saturated carbocycles. The molecule has 0 aliphatic rings. The summed E-state index contributed by atoms with van der Waals surface area (Å²) >= 11 is 5.73. The van der Waals surface area contributed by atoms with Gasteiger partial charge in [0.25, 0.3) is 5.69 Å². The fourth-order valence-corrected chi connectivity index (χ4v) is 1.53. The van der Waals surface area contributed by atoms with E-state index in [-0.39, 0.29) is 17.3 Å². The van der Waals surface area contributed by atoms with Crippen LogP contribution in [0.25, 0.3) is 0 Å². The maximum Gasteiger partial charge on any atom is 0.288 e. The lowest BCUT2D eigenvalue weighted by Crippen LogP contribution is -2.31. The van der Waals surface area contributed by atoms with Crippen molar-refractivity contribution < 1.29 is 14.8 Å². The number of aliphatic hydroxyl groups is 1. The molecule has 1 rings (SSSR count). The number of nitrogens with zero attached hydrogens (tertiary/aromatic N) is 1. The van der Waals surface area contributed by atoms with E-state index in [0.717, 1.165) is 6.54 Å². The molecule has 7 heteroatoms. The highest BCUT2D eigenvalue weighted by Gasteiger charge is 2.13. The summed E-state index contributed by atoms with van der Waals surface area (Å²) in [6.45, 7) is 3.22. The van der Waals surface area contributed by atoms with Crippen LogP contribution in [-0.4, -0.2) is 35.8 Å². The molecule has 0 spiro atoms. The van der Waals surface area contributed by atoms with E-state index in [1.54, 1.807) is 0 Å². The molecule has 0 heterocycles. The molecular formula is C11H15ClN2O4. The highest BCUT2D eigenvalue weighted by Crippen LogP contribution is 2.28. The van der Waals surface area contributed by atoms with Crippen LogP contribution in [0.4, 0.5) is 5.69 Å². The predicted molar refractivity (Wildman–Crippen MR) is 68.2 cm³/mol. The number of nitro benzene ring substituents is 1. The number of hydrogen-bond donors (Lipinski definition) is 2. The zero-order valence-electron chi connectivity index (χ0n) is 9.93. The molecule has 1 atom stereocenters. The van der Waals surface area contributed by atoms with Crippen LogP contribution in [-0.2, 0) is 0 Å². The van der Waals surface area contributed by atoms with Crippen molar-refractivity contribution in [3.63, 3.8) is 0 Å². The second-order valence-corrected chi connectivity index (χ2v) is 4.05. The number of nitro groups is 1. The first-order valence-electron chi connectivity index (χ1n) is 5.50. The van der Waals surface area contributed by atoms with E-state index < -0.39 is 11.0 Å². The molecule has 0 radical (unpaired) electrons. The van der Waals surface area contributed by atoms with E-state index in [9.17, 15) is 15.2 Å². The van der Waals surface area contributed by atoms with Gasteiger partial charge in [-0.1, -0.05) is 18.5 Å². The van der Waals surface area contributed by atoms with Gasteiger partial charge < -0.3 is 15.2 Å². The van der Waals surface area contributed by atoms with Crippen LogP contribution >= 0.6 is 11.6 Å². The third-order valence-electron chi connectivity index (χ3n) is 2.19. The molecule has 1 aromatic rings. The van der Waals surface area contributed by atoms with Crippen LogP contribution in [0, 0.1) is 10.1 Å². The SMILES string of the molecule is CCNCC(O)COc1ccc([N+](=O)[O-])c(Cl)c1. The Labute approximate surface area is 110 Å². The molecule has 100 valence electrons. The molecule has 0 amide bonds. The number of rotatable bonds is 7. The summed E-state index contributed by atoms with van der Waals surface area (Å²) in [7, 11) is 0.